The van der Waals surface area contributed by atoms with Gasteiger partial charge in [-0.2, -0.15) is 0 Å². The van der Waals surface area contributed by atoms with Gasteiger partial charge in [0.15, 0.2) is 0 Å². The largest absolute Gasteiger partial charge is 0.299 e. The smallest absolute Gasteiger partial charge is 0.136 e. The number of carbonyl (C=O) groups is 1. The maximum Gasteiger partial charge on any atom is 0.136 e. The average molecular weight is 232 g/mol. The van der Waals surface area contributed by atoms with Crippen LogP contribution in [0.5, 0.6) is 0 Å². The van der Waals surface area contributed by atoms with Crippen LogP contribution in [0.25, 0.3) is 0 Å². The van der Waals surface area contributed by atoms with E-state index in [4.69, 9.17) is 0 Å². The molecule has 0 atom stereocenters. The van der Waals surface area contributed by atoms with Crippen LogP contribution in [0, 0.1) is 5.41 Å². The van der Waals surface area contributed by atoms with E-state index in [1.54, 1.807) is 6.08 Å². The number of ketones is 1. The number of carbonyl (C=O) groups excluding carboxylic acids is 1. The molecule has 0 radical (unpaired) electrons. The summed E-state index contributed by atoms with van der Waals surface area (Å²) >= 11 is 0. The second-order valence-electron chi connectivity index (χ2n) is 5.50. The average Bonchev–Trinajstić information content (AvgIpc) is 2.24. The summed E-state index contributed by atoms with van der Waals surface area (Å²) in [6, 6.07) is 0. The first kappa shape index (κ1) is 14.0. The molecule has 0 aromatic carbocycles. The second-order valence-corrected chi connectivity index (χ2v) is 5.50. The molecule has 0 saturated carbocycles. The molecule has 0 heterocycles. The summed E-state index contributed by atoms with van der Waals surface area (Å²) < 4.78 is 0. The third-order valence-corrected chi connectivity index (χ3v) is 3.53. The van der Waals surface area contributed by atoms with Crippen LogP contribution < -0.4 is 0 Å². The number of allylic oxidation sites excluding steroid dienone is 5. The summed E-state index contributed by atoms with van der Waals surface area (Å²) in [6.45, 7) is 10.3. The predicted octanol–water partition coefficient (Wildman–Crippen LogP) is 4.60. The minimum Gasteiger partial charge on any atom is -0.299 e. The van der Waals surface area contributed by atoms with Gasteiger partial charge in [-0.1, -0.05) is 37.6 Å². The standard InChI is InChI=1S/C16H24O/c1-5-6-9-14(17)10-11-15-13(2)8-7-12-16(15,3)4/h5,8,11H,1,6-7,9-10,12H2,2-4H3. The monoisotopic (exact) mass is 232 g/mol. The molecular weight excluding hydrogens is 208 g/mol. The van der Waals surface area contributed by atoms with Gasteiger partial charge in [0.1, 0.15) is 5.78 Å². The minimum atomic E-state index is 0.220. The van der Waals surface area contributed by atoms with Crippen molar-refractivity contribution in [1.29, 1.82) is 0 Å². The number of hydrogen-bond acceptors (Lipinski definition) is 1. The molecule has 0 amide bonds. The van der Waals surface area contributed by atoms with Crippen LogP contribution in [0.3, 0.4) is 0 Å². The Hall–Kier alpha value is -1.11. The Balaban J connectivity index is 2.69. The van der Waals surface area contributed by atoms with E-state index in [2.05, 4.69) is 39.5 Å². The molecule has 1 aliphatic rings. The summed E-state index contributed by atoms with van der Waals surface area (Å²) in [6.07, 6.45) is 10.5. The highest BCUT2D eigenvalue weighted by Gasteiger charge is 2.26. The van der Waals surface area contributed by atoms with E-state index in [1.165, 1.54) is 17.6 Å². The van der Waals surface area contributed by atoms with E-state index in [9.17, 15) is 4.79 Å². The molecule has 0 aliphatic heterocycles. The highest BCUT2D eigenvalue weighted by atomic mass is 16.1. The normalized spacial score (nSPS) is 21.1. The van der Waals surface area contributed by atoms with Gasteiger partial charge in [-0.25, -0.2) is 0 Å². The molecule has 0 saturated heterocycles. The van der Waals surface area contributed by atoms with Crippen molar-refractivity contribution >= 4 is 5.78 Å². The first-order valence-corrected chi connectivity index (χ1v) is 6.48. The van der Waals surface area contributed by atoms with Crippen molar-refractivity contribution < 1.29 is 4.79 Å². The highest BCUT2D eigenvalue weighted by molar-refractivity contribution is 5.80. The Morgan fingerprint density at radius 2 is 2.24 bits per heavy atom. The zero-order valence-electron chi connectivity index (χ0n) is 11.4. The van der Waals surface area contributed by atoms with Crippen molar-refractivity contribution in [3.63, 3.8) is 0 Å². The van der Waals surface area contributed by atoms with E-state index >= 15 is 0 Å². The number of hydrogen-bond donors (Lipinski definition) is 0. The Kier molecular flexibility index (Phi) is 4.92. The predicted molar refractivity (Wildman–Crippen MR) is 73.9 cm³/mol. The van der Waals surface area contributed by atoms with Crippen molar-refractivity contribution in [1.82, 2.24) is 0 Å². The van der Waals surface area contributed by atoms with Crippen LogP contribution in [-0.4, -0.2) is 5.78 Å². The summed E-state index contributed by atoms with van der Waals surface area (Å²) in [4.78, 5) is 11.7. The topological polar surface area (TPSA) is 17.1 Å². The molecule has 0 aromatic rings. The molecule has 0 aromatic heterocycles. The van der Waals surface area contributed by atoms with Gasteiger partial charge in [0.25, 0.3) is 0 Å². The fraction of sp³-hybridized carbons (Fsp3) is 0.562. The van der Waals surface area contributed by atoms with Gasteiger partial charge in [0, 0.05) is 12.8 Å². The lowest BCUT2D eigenvalue weighted by Crippen LogP contribution is -2.19. The first-order chi connectivity index (χ1) is 7.97. The van der Waals surface area contributed by atoms with Crippen LogP contribution >= 0.6 is 0 Å². The van der Waals surface area contributed by atoms with Crippen LogP contribution in [0.4, 0.5) is 0 Å². The van der Waals surface area contributed by atoms with Crippen molar-refractivity contribution in [2.75, 3.05) is 0 Å². The van der Waals surface area contributed by atoms with Gasteiger partial charge in [0.2, 0.25) is 0 Å². The fourth-order valence-corrected chi connectivity index (χ4v) is 2.45. The Morgan fingerprint density at radius 1 is 1.53 bits per heavy atom. The molecule has 94 valence electrons. The molecule has 17 heavy (non-hydrogen) atoms. The molecule has 1 aliphatic carbocycles. The van der Waals surface area contributed by atoms with Gasteiger partial charge in [-0.3, -0.25) is 4.79 Å². The van der Waals surface area contributed by atoms with E-state index in [1.807, 2.05) is 0 Å². The Morgan fingerprint density at radius 3 is 2.82 bits per heavy atom. The molecule has 0 unspecified atom stereocenters. The van der Waals surface area contributed by atoms with E-state index in [-0.39, 0.29) is 5.41 Å². The highest BCUT2D eigenvalue weighted by Crippen LogP contribution is 2.40. The van der Waals surface area contributed by atoms with Crippen LogP contribution in [0.1, 0.15) is 52.9 Å². The van der Waals surface area contributed by atoms with Crippen LogP contribution in [0.15, 0.2) is 36.0 Å². The summed E-state index contributed by atoms with van der Waals surface area (Å²) in [5.41, 5.74) is 2.92. The SMILES string of the molecule is C=CCCC(=O)CC=C1C(C)=CCCC1(C)C. The quantitative estimate of drug-likeness (QED) is 0.633. The van der Waals surface area contributed by atoms with Gasteiger partial charge in [0.05, 0.1) is 0 Å². The van der Waals surface area contributed by atoms with E-state index < -0.39 is 0 Å². The molecular formula is C16H24O. The van der Waals surface area contributed by atoms with Crippen molar-refractivity contribution in [2.45, 2.75) is 52.9 Å². The van der Waals surface area contributed by atoms with Gasteiger partial charge in [-0.05, 0) is 37.2 Å². The maximum absolute atomic E-state index is 11.7. The summed E-state index contributed by atoms with van der Waals surface area (Å²) in [5, 5.41) is 0. The van der Waals surface area contributed by atoms with E-state index in [0.717, 1.165) is 12.8 Å². The minimum absolute atomic E-state index is 0.220. The zero-order chi connectivity index (χ0) is 12.9. The molecule has 0 spiro atoms. The van der Waals surface area contributed by atoms with Crippen molar-refractivity contribution in [2.24, 2.45) is 5.41 Å². The number of rotatable bonds is 5. The summed E-state index contributed by atoms with van der Waals surface area (Å²) in [7, 11) is 0. The molecule has 1 rings (SSSR count). The van der Waals surface area contributed by atoms with Gasteiger partial charge >= 0.3 is 0 Å². The van der Waals surface area contributed by atoms with Crippen LogP contribution in [-0.2, 0) is 4.79 Å². The lowest BCUT2D eigenvalue weighted by atomic mass is 9.73. The lowest BCUT2D eigenvalue weighted by molar-refractivity contribution is -0.118. The molecule has 0 bridgehead atoms. The molecule has 1 nitrogen and oxygen atoms in total. The third kappa shape index (κ3) is 3.99. The zero-order valence-corrected chi connectivity index (χ0v) is 11.4. The Labute approximate surface area is 105 Å². The van der Waals surface area contributed by atoms with Crippen LogP contribution in [0.2, 0.25) is 0 Å². The maximum atomic E-state index is 11.7. The first-order valence-electron chi connectivity index (χ1n) is 6.48. The lowest BCUT2D eigenvalue weighted by Gasteiger charge is -2.32. The molecule has 0 fully saturated rings. The fourth-order valence-electron chi connectivity index (χ4n) is 2.45. The third-order valence-electron chi connectivity index (χ3n) is 3.53. The Bertz CT molecular complexity index is 356. The van der Waals surface area contributed by atoms with Crippen molar-refractivity contribution in [3.8, 4) is 0 Å². The second kappa shape index (κ2) is 6.00. The van der Waals surface area contributed by atoms with Gasteiger partial charge in [-0.15, -0.1) is 6.58 Å². The number of Topliss-reactive ketones (excluding diaryl/α,β-unsaturated/α-hetero) is 1. The summed E-state index contributed by atoms with van der Waals surface area (Å²) in [5.74, 6) is 0.312. The van der Waals surface area contributed by atoms with Crippen molar-refractivity contribution in [3.05, 3.63) is 36.0 Å². The van der Waals surface area contributed by atoms with Gasteiger partial charge < -0.3 is 0 Å². The molecule has 1 heteroatoms. The van der Waals surface area contributed by atoms with E-state index in [0.29, 0.717) is 18.6 Å². The molecule has 0 N–H and O–H groups in total.